The smallest absolute Gasteiger partial charge is 0.387 e. The van der Waals surface area contributed by atoms with Crippen LogP contribution in [0.5, 0.6) is 0 Å². The van der Waals surface area contributed by atoms with Crippen molar-refractivity contribution in [2.24, 2.45) is 0 Å². The van der Waals surface area contributed by atoms with Gasteiger partial charge in [0.15, 0.2) is 0 Å². The van der Waals surface area contributed by atoms with Crippen molar-refractivity contribution in [3.8, 4) is 0 Å². The van der Waals surface area contributed by atoms with E-state index in [1.54, 1.807) is 6.08 Å². The lowest BCUT2D eigenvalue weighted by atomic mass is 10.0. The number of phosphoric acid groups is 1. The van der Waals surface area contributed by atoms with Crippen LogP contribution in [0.15, 0.2) is 60.8 Å². The molecule has 86 heavy (non-hydrogen) atoms. The van der Waals surface area contributed by atoms with E-state index in [4.69, 9.17) is 9.05 Å². The number of quaternary nitrogens is 1. The first kappa shape index (κ1) is 84.2. The number of carbonyl (C=O) groups excluding carboxylic acids is 1. The van der Waals surface area contributed by atoms with Crippen molar-refractivity contribution in [1.29, 1.82) is 0 Å². The Morgan fingerprint density at radius 2 is 0.674 bits per heavy atom. The van der Waals surface area contributed by atoms with Gasteiger partial charge in [-0.3, -0.25) is 13.8 Å². The van der Waals surface area contributed by atoms with Gasteiger partial charge >= 0.3 is 7.82 Å². The maximum atomic E-state index is 13.1. The summed E-state index contributed by atoms with van der Waals surface area (Å²) in [5.74, 6) is -0.180. The van der Waals surface area contributed by atoms with Gasteiger partial charge in [-0.15, -0.1) is 0 Å². The molecule has 0 aliphatic heterocycles. The van der Waals surface area contributed by atoms with Gasteiger partial charge in [0.25, 0.3) is 0 Å². The molecule has 0 aromatic heterocycles. The molecule has 0 fully saturated rings. The molecule has 3 atom stereocenters. The molecule has 0 aromatic rings. The highest BCUT2D eigenvalue weighted by molar-refractivity contribution is 7.47. The monoisotopic (exact) mass is 1230 g/mol. The third-order valence-corrected chi connectivity index (χ3v) is 18.2. The number of likely N-dealkylation sites (N-methyl/N-ethyl adjacent to an activating group) is 1. The Balaban J connectivity index is 3.98. The number of allylic oxidation sites excluding steroid dienone is 9. The number of unbranched alkanes of at least 4 members (excludes halogenated alkanes) is 49. The molecule has 1 amide bonds. The van der Waals surface area contributed by atoms with E-state index in [-0.39, 0.29) is 19.1 Å². The van der Waals surface area contributed by atoms with Gasteiger partial charge in [0.2, 0.25) is 5.91 Å². The van der Waals surface area contributed by atoms with E-state index in [1.807, 2.05) is 27.2 Å². The molecule has 0 rings (SSSR count). The number of rotatable bonds is 70. The number of phosphoric ester groups is 1. The number of hydrogen-bond donors (Lipinski definition) is 3. The average molecular weight is 1230 g/mol. The summed E-state index contributed by atoms with van der Waals surface area (Å²) in [5, 5.41) is 14.0. The maximum absolute atomic E-state index is 13.1. The molecule has 0 heterocycles. The molecule has 0 radical (unpaired) electrons. The van der Waals surface area contributed by atoms with E-state index in [9.17, 15) is 19.4 Å². The minimum absolute atomic E-state index is 0.0571. The van der Waals surface area contributed by atoms with Gasteiger partial charge in [0, 0.05) is 6.42 Å². The Labute approximate surface area is 536 Å². The molecule has 0 bridgehead atoms. The quantitative estimate of drug-likeness (QED) is 0.0243. The number of aliphatic hydroxyl groups is 1. The molecule has 506 valence electrons. The van der Waals surface area contributed by atoms with E-state index in [2.05, 4.69) is 67.8 Å². The second-order valence-electron chi connectivity index (χ2n) is 27.0. The average Bonchev–Trinajstić information content (AvgIpc) is 3.70. The third kappa shape index (κ3) is 69.7. The zero-order valence-corrected chi connectivity index (χ0v) is 59.0. The molecule has 8 nitrogen and oxygen atoms in total. The highest BCUT2D eigenvalue weighted by atomic mass is 31.2. The van der Waals surface area contributed by atoms with Gasteiger partial charge in [-0.25, -0.2) is 4.57 Å². The number of nitrogens with zero attached hydrogens (tertiary/aromatic N) is 1. The van der Waals surface area contributed by atoms with Gasteiger partial charge in [-0.1, -0.05) is 357 Å². The Morgan fingerprint density at radius 1 is 0.395 bits per heavy atom. The van der Waals surface area contributed by atoms with E-state index in [0.717, 1.165) is 51.4 Å². The van der Waals surface area contributed by atoms with Gasteiger partial charge in [-0.2, -0.15) is 0 Å². The van der Waals surface area contributed by atoms with Crippen LogP contribution in [0.1, 0.15) is 373 Å². The highest BCUT2D eigenvalue weighted by Crippen LogP contribution is 2.43. The Kier molecular flexibility index (Phi) is 66.2. The third-order valence-electron chi connectivity index (χ3n) is 17.2. The number of carbonyl (C=O) groups is 1. The lowest BCUT2D eigenvalue weighted by molar-refractivity contribution is -0.870. The number of nitrogens with one attached hydrogen (secondary N) is 1. The molecule has 0 aliphatic rings. The van der Waals surface area contributed by atoms with Gasteiger partial charge in [0.1, 0.15) is 13.2 Å². The maximum Gasteiger partial charge on any atom is 0.472 e. The molecule has 0 spiro atoms. The van der Waals surface area contributed by atoms with Gasteiger partial charge in [-0.05, 0) is 70.6 Å². The van der Waals surface area contributed by atoms with Crippen molar-refractivity contribution >= 4 is 13.7 Å². The van der Waals surface area contributed by atoms with Crippen molar-refractivity contribution in [2.75, 3.05) is 40.9 Å². The van der Waals surface area contributed by atoms with E-state index in [1.165, 1.54) is 302 Å². The first-order valence-electron chi connectivity index (χ1n) is 37.7. The zero-order chi connectivity index (χ0) is 62.6. The zero-order valence-electron chi connectivity index (χ0n) is 58.1. The van der Waals surface area contributed by atoms with Gasteiger partial charge in [0.05, 0.1) is 39.9 Å². The summed E-state index contributed by atoms with van der Waals surface area (Å²) in [5.41, 5.74) is 0. The molecule has 9 heteroatoms. The van der Waals surface area contributed by atoms with Crippen LogP contribution in [-0.4, -0.2) is 73.4 Å². The molecular weight excluding hydrogens is 1080 g/mol. The molecule has 3 N–H and O–H groups in total. The van der Waals surface area contributed by atoms with E-state index in [0.29, 0.717) is 17.4 Å². The van der Waals surface area contributed by atoms with Crippen molar-refractivity contribution in [3.63, 3.8) is 0 Å². The molecule has 0 aromatic carbocycles. The van der Waals surface area contributed by atoms with Crippen LogP contribution in [0.4, 0.5) is 0 Å². The van der Waals surface area contributed by atoms with Crippen molar-refractivity contribution in [1.82, 2.24) is 5.32 Å². The van der Waals surface area contributed by atoms with Crippen LogP contribution in [0.3, 0.4) is 0 Å². The summed E-state index contributed by atoms with van der Waals surface area (Å²) in [7, 11) is 1.57. The summed E-state index contributed by atoms with van der Waals surface area (Å²) in [6, 6.07) is -0.865. The number of aliphatic hydroxyl groups excluding tert-OH is 1. The predicted molar refractivity (Wildman–Crippen MR) is 378 cm³/mol. The minimum Gasteiger partial charge on any atom is -0.387 e. The molecule has 3 unspecified atom stereocenters. The fraction of sp³-hybridized carbons (Fsp3) is 0.857. The first-order valence-corrected chi connectivity index (χ1v) is 39.2. The standard InChI is InChI=1S/C77H147N2O6P/c1-6-8-10-12-14-16-18-20-22-24-26-28-30-32-33-34-35-36-37-38-39-40-41-42-43-44-45-47-49-51-53-55-57-59-61-63-65-67-69-71-77(81)78-75(74-85-86(82,83)84-73-72-79(3,4)5)76(80)70-68-66-64-62-60-58-56-54-52-50-48-46-31-29-27-25-23-21-19-17-15-13-11-9-7-2/h18,20,24,26,30,32,60,62,68,70,75-76,80H,6-17,19,21-23,25,27-29,31,33-59,61,63-67,69,71-74H2,1-5H3,(H-,78,81,82,83)/p+1/b20-18-,26-24-,32-30-,62-60+,70-68+. The largest absolute Gasteiger partial charge is 0.472 e. The summed E-state index contributed by atoms with van der Waals surface area (Å²) < 4.78 is 23.8. The Morgan fingerprint density at radius 3 is 1.01 bits per heavy atom. The lowest BCUT2D eigenvalue weighted by Gasteiger charge is -2.25. The van der Waals surface area contributed by atoms with Crippen molar-refractivity contribution < 1.29 is 32.9 Å². The SMILES string of the molecule is CCCCCCC/C=C\C/C=C\C/C=C\CCCCCCCCCCCCCCCCCCCCCCCCCCC(=O)NC(COP(=O)(O)OCC[N+](C)(C)C)C(O)/C=C/CC/C=C/CCCCCCCCCCCCCCCCCCCCC. The molecule has 0 saturated carbocycles. The highest BCUT2D eigenvalue weighted by Gasteiger charge is 2.28. The normalized spacial score (nSPS) is 13.9. The number of amides is 1. The van der Waals surface area contributed by atoms with E-state index < -0.39 is 20.0 Å². The fourth-order valence-electron chi connectivity index (χ4n) is 11.4. The first-order chi connectivity index (χ1) is 42.0. The Hall–Kier alpha value is -1.80. The molecule has 0 aliphatic carbocycles. The number of hydrogen-bond acceptors (Lipinski definition) is 5. The fourth-order valence-corrected chi connectivity index (χ4v) is 12.1. The Bertz CT molecular complexity index is 1590. The summed E-state index contributed by atoms with van der Waals surface area (Å²) >= 11 is 0. The second kappa shape index (κ2) is 67.6. The van der Waals surface area contributed by atoms with Crippen LogP contribution in [0.2, 0.25) is 0 Å². The van der Waals surface area contributed by atoms with Crippen LogP contribution < -0.4 is 5.32 Å². The molecular formula is C77H148N2O6P+. The topological polar surface area (TPSA) is 105 Å². The molecule has 0 saturated heterocycles. The van der Waals surface area contributed by atoms with Crippen LogP contribution >= 0.6 is 7.82 Å². The van der Waals surface area contributed by atoms with Crippen LogP contribution in [0, 0.1) is 0 Å². The lowest BCUT2D eigenvalue weighted by Crippen LogP contribution is -2.45. The van der Waals surface area contributed by atoms with E-state index >= 15 is 0 Å². The second-order valence-corrected chi connectivity index (χ2v) is 28.5. The summed E-state index contributed by atoms with van der Waals surface area (Å²) in [6.07, 6.45) is 94.0. The van der Waals surface area contributed by atoms with Gasteiger partial charge < -0.3 is 19.8 Å². The van der Waals surface area contributed by atoms with Crippen molar-refractivity contribution in [2.45, 2.75) is 386 Å². The summed E-state index contributed by atoms with van der Waals surface area (Å²) in [4.78, 5) is 23.4. The minimum atomic E-state index is -4.36. The predicted octanol–water partition coefficient (Wildman–Crippen LogP) is 24.3. The van der Waals surface area contributed by atoms with Crippen LogP contribution in [0.25, 0.3) is 0 Å². The van der Waals surface area contributed by atoms with Crippen LogP contribution in [-0.2, 0) is 18.4 Å². The summed E-state index contributed by atoms with van der Waals surface area (Å²) in [6.45, 7) is 4.83. The van der Waals surface area contributed by atoms with Crippen molar-refractivity contribution in [3.05, 3.63) is 60.8 Å².